The Morgan fingerprint density at radius 1 is 1.38 bits per heavy atom. The van der Waals surface area contributed by atoms with Crippen LogP contribution in [0, 0.1) is 5.92 Å². The van der Waals surface area contributed by atoms with E-state index in [0.717, 1.165) is 12.1 Å². The van der Waals surface area contributed by atoms with Crippen LogP contribution in [-0.2, 0) is 6.42 Å². The van der Waals surface area contributed by atoms with Crippen molar-refractivity contribution in [2.24, 2.45) is 5.92 Å². The Kier molecular flexibility index (Phi) is 2.80. The van der Waals surface area contributed by atoms with Crippen LogP contribution in [0.2, 0.25) is 0 Å². The number of hydrogen-bond donors (Lipinski definition) is 2. The Balaban J connectivity index is 2.40. The molecule has 2 rings (SSSR count). The summed E-state index contributed by atoms with van der Waals surface area (Å²) in [6, 6.07) is 1.51. The summed E-state index contributed by atoms with van der Waals surface area (Å²) >= 11 is 0. The number of hydrogen-bond acceptors (Lipinski definition) is 4. The highest BCUT2D eigenvalue weighted by Gasteiger charge is 2.07. The predicted octanol–water partition coefficient (Wildman–Crippen LogP) is 0.753. The Morgan fingerprint density at radius 2 is 2.19 bits per heavy atom. The van der Waals surface area contributed by atoms with Crippen molar-refractivity contribution in [2.75, 3.05) is 0 Å². The highest BCUT2D eigenvalue weighted by molar-refractivity contribution is 5.41. The van der Waals surface area contributed by atoms with Crippen LogP contribution < -0.4 is 5.56 Å². The van der Waals surface area contributed by atoms with Crippen molar-refractivity contribution < 1.29 is 0 Å². The summed E-state index contributed by atoms with van der Waals surface area (Å²) in [4.78, 5) is 22.3. The fourth-order valence-corrected chi connectivity index (χ4v) is 1.46. The molecule has 2 aromatic rings. The predicted molar refractivity (Wildman–Crippen MR) is 58.8 cm³/mol. The molecular weight excluding hydrogens is 206 g/mol. The molecule has 0 saturated heterocycles. The minimum Gasteiger partial charge on any atom is -0.304 e. The molecule has 0 aliphatic heterocycles. The van der Waals surface area contributed by atoms with Gasteiger partial charge in [0.1, 0.15) is 6.33 Å². The van der Waals surface area contributed by atoms with Gasteiger partial charge in [-0.15, -0.1) is 0 Å². The third kappa shape index (κ3) is 2.33. The van der Waals surface area contributed by atoms with E-state index in [1.54, 1.807) is 0 Å². The topological polar surface area (TPSA) is 87.3 Å². The smallest absolute Gasteiger partial charge is 0.251 e. The maximum atomic E-state index is 11.4. The van der Waals surface area contributed by atoms with Gasteiger partial charge in [0, 0.05) is 11.8 Å². The fraction of sp³-hybridized carbons (Fsp3) is 0.400. The van der Waals surface area contributed by atoms with E-state index in [4.69, 9.17) is 0 Å². The Hall–Kier alpha value is -1.98. The van der Waals surface area contributed by atoms with E-state index in [9.17, 15) is 4.79 Å². The normalized spacial score (nSPS) is 10.9. The first-order valence-corrected chi connectivity index (χ1v) is 5.11. The van der Waals surface area contributed by atoms with Crippen LogP contribution in [0.15, 0.2) is 17.2 Å². The fourth-order valence-electron chi connectivity index (χ4n) is 1.46. The summed E-state index contributed by atoms with van der Waals surface area (Å²) in [5.41, 5.74) is 0.599. The Morgan fingerprint density at radius 3 is 2.81 bits per heavy atom. The van der Waals surface area contributed by atoms with Gasteiger partial charge in [0.15, 0.2) is 11.6 Å². The first kappa shape index (κ1) is 10.5. The SMILES string of the molecule is CC(C)Cc1cc(=O)[nH]c(-c2ncn[nH]2)n1. The van der Waals surface area contributed by atoms with Crippen LogP contribution >= 0.6 is 0 Å². The van der Waals surface area contributed by atoms with Crippen LogP contribution in [-0.4, -0.2) is 25.1 Å². The minimum absolute atomic E-state index is 0.169. The molecule has 0 spiro atoms. The maximum Gasteiger partial charge on any atom is 0.251 e. The average Bonchev–Trinajstić information content (AvgIpc) is 2.67. The summed E-state index contributed by atoms with van der Waals surface area (Å²) in [6.07, 6.45) is 2.15. The number of nitrogens with zero attached hydrogens (tertiary/aromatic N) is 3. The molecule has 6 heteroatoms. The highest BCUT2D eigenvalue weighted by atomic mass is 16.1. The van der Waals surface area contributed by atoms with Gasteiger partial charge >= 0.3 is 0 Å². The zero-order valence-electron chi connectivity index (χ0n) is 9.19. The second-order valence-corrected chi connectivity index (χ2v) is 4.02. The molecule has 0 amide bonds. The van der Waals surface area contributed by atoms with E-state index in [1.165, 1.54) is 12.4 Å². The first-order chi connectivity index (χ1) is 7.65. The summed E-state index contributed by atoms with van der Waals surface area (Å²) in [5.74, 6) is 1.36. The van der Waals surface area contributed by atoms with Gasteiger partial charge in [0.25, 0.3) is 5.56 Å². The molecule has 16 heavy (non-hydrogen) atoms. The minimum atomic E-state index is -0.169. The number of rotatable bonds is 3. The van der Waals surface area contributed by atoms with Crippen LogP contribution in [0.1, 0.15) is 19.5 Å². The molecule has 0 fully saturated rings. The van der Waals surface area contributed by atoms with Gasteiger partial charge in [-0.05, 0) is 12.3 Å². The lowest BCUT2D eigenvalue weighted by Crippen LogP contribution is -2.12. The largest absolute Gasteiger partial charge is 0.304 e. The molecule has 2 aromatic heterocycles. The molecule has 0 saturated carbocycles. The van der Waals surface area contributed by atoms with Crippen molar-refractivity contribution in [1.82, 2.24) is 25.1 Å². The van der Waals surface area contributed by atoms with Gasteiger partial charge in [-0.1, -0.05) is 13.8 Å². The molecule has 0 radical (unpaired) electrons. The monoisotopic (exact) mass is 219 g/mol. The van der Waals surface area contributed by atoms with Crippen LogP contribution in [0.5, 0.6) is 0 Å². The Labute approximate surface area is 92.2 Å². The van der Waals surface area contributed by atoms with Gasteiger partial charge in [-0.2, -0.15) is 5.10 Å². The second kappa shape index (κ2) is 4.26. The first-order valence-electron chi connectivity index (χ1n) is 5.11. The van der Waals surface area contributed by atoms with Crippen molar-refractivity contribution in [3.63, 3.8) is 0 Å². The van der Waals surface area contributed by atoms with Crippen molar-refractivity contribution in [1.29, 1.82) is 0 Å². The van der Waals surface area contributed by atoms with Gasteiger partial charge in [0.05, 0.1) is 0 Å². The van der Waals surface area contributed by atoms with Gasteiger partial charge in [-0.25, -0.2) is 9.97 Å². The van der Waals surface area contributed by atoms with E-state index in [-0.39, 0.29) is 5.56 Å². The summed E-state index contributed by atoms with van der Waals surface area (Å²) < 4.78 is 0. The van der Waals surface area contributed by atoms with E-state index >= 15 is 0 Å². The molecule has 84 valence electrons. The summed E-state index contributed by atoms with van der Waals surface area (Å²) in [7, 11) is 0. The van der Waals surface area contributed by atoms with Crippen molar-refractivity contribution in [2.45, 2.75) is 20.3 Å². The zero-order valence-corrected chi connectivity index (χ0v) is 9.19. The van der Waals surface area contributed by atoms with Crippen molar-refractivity contribution in [3.05, 3.63) is 28.4 Å². The van der Waals surface area contributed by atoms with Crippen LogP contribution in [0.4, 0.5) is 0 Å². The van der Waals surface area contributed by atoms with Crippen LogP contribution in [0.3, 0.4) is 0 Å². The lowest BCUT2D eigenvalue weighted by molar-refractivity contribution is 0.633. The van der Waals surface area contributed by atoms with Crippen LogP contribution in [0.25, 0.3) is 11.6 Å². The highest BCUT2D eigenvalue weighted by Crippen LogP contribution is 2.08. The lowest BCUT2D eigenvalue weighted by Gasteiger charge is -2.04. The molecule has 6 nitrogen and oxygen atoms in total. The van der Waals surface area contributed by atoms with E-state index in [1.807, 2.05) is 0 Å². The molecule has 0 aliphatic rings. The second-order valence-electron chi connectivity index (χ2n) is 4.02. The van der Waals surface area contributed by atoms with Gasteiger partial charge < -0.3 is 4.98 Å². The van der Waals surface area contributed by atoms with E-state index < -0.39 is 0 Å². The summed E-state index contributed by atoms with van der Waals surface area (Å²) in [6.45, 7) is 4.16. The molecule has 0 aromatic carbocycles. The third-order valence-electron chi connectivity index (χ3n) is 2.05. The lowest BCUT2D eigenvalue weighted by atomic mass is 10.1. The quantitative estimate of drug-likeness (QED) is 0.797. The molecule has 0 atom stereocenters. The van der Waals surface area contributed by atoms with Gasteiger partial charge in [0.2, 0.25) is 0 Å². The number of nitrogens with one attached hydrogen (secondary N) is 2. The van der Waals surface area contributed by atoms with Crippen molar-refractivity contribution >= 4 is 0 Å². The third-order valence-corrected chi connectivity index (χ3v) is 2.05. The molecule has 2 N–H and O–H groups in total. The molecule has 0 bridgehead atoms. The molecule has 2 heterocycles. The standard InChI is InChI=1S/C10H13N5O/c1-6(2)3-7-4-8(16)14-10(13-7)9-11-5-12-15-9/h4-6H,3H2,1-2H3,(H,11,12,15)(H,13,14,16). The molecule has 0 aliphatic carbocycles. The number of H-pyrrole nitrogens is 2. The van der Waals surface area contributed by atoms with Gasteiger partial charge in [-0.3, -0.25) is 9.89 Å². The van der Waals surface area contributed by atoms with E-state index in [2.05, 4.69) is 39.0 Å². The molecular formula is C10H13N5O. The molecule has 0 unspecified atom stereocenters. The number of aromatic nitrogens is 5. The van der Waals surface area contributed by atoms with Crippen molar-refractivity contribution in [3.8, 4) is 11.6 Å². The Bertz CT molecular complexity index is 514. The number of aromatic amines is 2. The average molecular weight is 219 g/mol. The summed E-state index contributed by atoms with van der Waals surface area (Å²) in [5, 5.41) is 6.39. The zero-order chi connectivity index (χ0) is 11.5. The van der Waals surface area contributed by atoms with E-state index in [0.29, 0.717) is 17.6 Å². The maximum absolute atomic E-state index is 11.4.